The Morgan fingerprint density at radius 2 is 1.86 bits per heavy atom. The Morgan fingerprint density at radius 1 is 1.11 bits per heavy atom. The number of carbonyl (C=O) groups excluding carboxylic acids is 2. The van der Waals surface area contributed by atoms with E-state index in [-0.39, 0.29) is 23.9 Å². The molecular weight excluding hydrogens is 464 g/mol. The van der Waals surface area contributed by atoms with Crippen molar-refractivity contribution in [3.63, 3.8) is 0 Å². The van der Waals surface area contributed by atoms with E-state index in [9.17, 15) is 9.59 Å². The van der Waals surface area contributed by atoms with Crippen molar-refractivity contribution in [1.29, 1.82) is 0 Å². The molecule has 0 bridgehead atoms. The highest BCUT2D eigenvalue weighted by Gasteiger charge is 2.40. The summed E-state index contributed by atoms with van der Waals surface area (Å²) in [6.45, 7) is 7.61. The third-order valence-electron chi connectivity index (χ3n) is 7.21. The lowest BCUT2D eigenvalue weighted by Gasteiger charge is -2.35. The Balaban J connectivity index is 1.34. The molecule has 3 heterocycles. The highest BCUT2D eigenvalue weighted by molar-refractivity contribution is 6.30. The molecule has 184 valence electrons. The molecular formula is C28H31ClN2O4. The molecule has 6 nitrogen and oxygen atoms in total. The molecule has 7 heteroatoms. The average Bonchev–Trinajstić information content (AvgIpc) is 3.19. The summed E-state index contributed by atoms with van der Waals surface area (Å²) < 4.78 is 12.3. The zero-order chi connectivity index (χ0) is 24.6. The summed E-state index contributed by atoms with van der Waals surface area (Å²) in [5.41, 5.74) is 1.76. The van der Waals surface area contributed by atoms with E-state index in [1.807, 2.05) is 26.0 Å². The van der Waals surface area contributed by atoms with Gasteiger partial charge in [0.15, 0.2) is 11.5 Å². The fraction of sp³-hybridized carbons (Fsp3) is 0.429. The maximum absolute atomic E-state index is 13.4. The normalized spacial score (nSPS) is 20.5. The van der Waals surface area contributed by atoms with Crippen LogP contribution in [0.5, 0.6) is 5.75 Å². The minimum atomic E-state index is -0.797. The lowest BCUT2D eigenvalue weighted by Crippen LogP contribution is -2.36. The second-order valence-electron chi connectivity index (χ2n) is 9.82. The van der Waals surface area contributed by atoms with Crippen molar-refractivity contribution >= 4 is 34.3 Å². The fourth-order valence-corrected chi connectivity index (χ4v) is 5.43. The minimum Gasteiger partial charge on any atom is -0.482 e. The predicted octanol–water partition coefficient (Wildman–Crippen LogP) is 5.88. The highest BCUT2D eigenvalue weighted by atomic mass is 35.5. The maximum Gasteiger partial charge on any atom is 0.287 e. The van der Waals surface area contributed by atoms with Gasteiger partial charge in [0.2, 0.25) is 0 Å². The maximum atomic E-state index is 13.4. The number of hydrogen-bond donors (Lipinski definition) is 1. The number of rotatable bonds is 6. The molecule has 5 rings (SSSR count). The molecule has 35 heavy (non-hydrogen) atoms. The summed E-state index contributed by atoms with van der Waals surface area (Å²) in [7, 11) is 0. The van der Waals surface area contributed by atoms with Gasteiger partial charge in [-0.3, -0.25) is 9.59 Å². The average molecular weight is 495 g/mol. The number of piperidine rings is 1. The molecule has 2 aliphatic heterocycles. The number of ketones is 1. The summed E-state index contributed by atoms with van der Waals surface area (Å²) >= 11 is 6.04. The largest absolute Gasteiger partial charge is 0.482 e. The second-order valence-corrected chi connectivity index (χ2v) is 10.3. The summed E-state index contributed by atoms with van der Waals surface area (Å²) in [6, 6.07) is 10.9. The number of furan rings is 1. The number of aryl methyl sites for hydroxylation is 1. The molecule has 0 radical (unpaired) electrons. The van der Waals surface area contributed by atoms with Crippen molar-refractivity contribution in [2.24, 2.45) is 0 Å². The first-order valence-corrected chi connectivity index (χ1v) is 12.8. The third kappa shape index (κ3) is 4.69. The van der Waals surface area contributed by atoms with Gasteiger partial charge >= 0.3 is 0 Å². The topological polar surface area (TPSA) is 71.8 Å². The van der Waals surface area contributed by atoms with E-state index in [1.54, 1.807) is 24.3 Å². The van der Waals surface area contributed by atoms with Crippen LogP contribution in [0.4, 0.5) is 0 Å². The second kappa shape index (κ2) is 9.67. The molecule has 2 aromatic carbocycles. The van der Waals surface area contributed by atoms with Crippen LogP contribution in [0.1, 0.15) is 71.1 Å². The number of fused-ring (bicyclic) bond motifs is 3. The number of halogens is 1. The van der Waals surface area contributed by atoms with Gasteiger partial charge in [-0.15, -0.1) is 0 Å². The van der Waals surface area contributed by atoms with Crippen molar-refractivity contribution in [3.8, 4) is 5.75 Å². The number of likely N-dealkylation sites (tertiary alicyclic amines) is 1. The van der Waals surface area contributed by atoms with Crippen LogP contribution in [0.2, 0.25) is 5.02 Å². The van der Waals surface area contributed by atoms with E-state index in [2.05, 4.69) is 10.2 Å². The molecule has 1 atom stereocenters. The molecule has 3 aromatic rings. The first kappa shape index (κ1) is 23.9. The summed E-state index contributed by atoms with van der Waals surface area (Å²) in [5, 5.41) is 4.27. The first-order valence-electron chi connectivity index (χ1n) is 12.4. The Kier molecular flexibility index (Phi) is 6.60. The Morgan fingerprint density at radius 3 is 2.60 bits per heavy atom. The van der Waals surface area contributed by atoms with Gasteiger partial charge in [0.1, 0.15) is 16.9 Å². The smallest absolute Gasteiger partial charge is 0.287 e. The minimum absolute atomic E-state index is 0.0355. The zero-order valence-corrected chi connectivity index (χ0v) is 21.0. The van der Waals surface area contributed by atoms with Gasteiger partial charge in [-0.1, -0.05) is 30.2 Å². The third-order valence-corrected chi connectivity index (χ3v) is 7.47. The lowest BCUT2D eigenvalue weighted by molar-refractivity contribution is 0.0507. The number of ether oxygens (including phenoxy) is 1. The number of carbonyl (C=O) groups is 2. The van der Waals surface area contributed by atoms with Gasteiger partial charge < -0.3 is 19.4 Å². The van der Waals surface area contributed by atoms with Crippen molar-refractivity contribution in [2.75, 3.05) is 26.2 Å². The first-order chi connectivity index (χ1) is 16.9. The van der Waals surface area contributed by atoms with Gasteiger partial charge in [0.25, 0.3) is 5.91 Å². The highest BCUT2D eigenvalue weighted by Crippen LogP contribution is 2.44. The van der Waals surface area contributed by atoms with Crippen LogP contribution in [0, 0.1) is 6.92 Å². The summed E-state index contributed by atoms with van der Waals surface area (Å²) in [4.78, 5) is 28.8. The van der Waals surface area contributed by atoms with Gasteiger partial charge in [-0.25, -0.2) is 0 Å². The monoisotopic (exact) mass is 494 g/mol. The molecule has 1 aromatic heterocycles. The quantitative estimate of drug-likeness (QED) is 0.433. The fourth-order valence-electron chi connectivity index (χ4n) is 5.31. The van der Waals surface area contributed by atoms with Gasteiger partial charge in [0, 0.05) is 22.5 Å². The molecule has 0 saturated carbocycles. The number of nitrogens with zero attached hydrogens (tertiary/aromatic N) is 1. The Hall–Kier alpha value is -2.83. The van der Waals surface area contributed by atoms with Crippen LogP contribution in [0.25, 0.3) is 11.0 Å². The van der Waals surface area contributed by atoms with Crippen LogP contribution in [-0.2, 0) is 5.60 Å². The van der Waals surface area contributed by atoms with E-state index >= 15 is 0 Å². The van der Waals surface area contributed by atoms with Crippen molar-refractivity contribution in [2.45, 2.75) is 51.6 Å². The Bertz CT molecular complexity index is 1260. The van der Waals surface area contributed by atoms with Crippen molar-refractivity contribution in [3.05, 3.63) is 63.9 Å². The van der Waals surface area contributed by atoms with Crippen molar-refractivity contribution < 1.29 is 18.7 Å². The summed E-state index contributed by atoms with van der Waals surface area (Å²) in [5.74, 6) is 0.474. The van der Waals surface area contributed by atoms with Gasteiger partial charge in [-0.05, 0) is 82.6 Å². The van der Waals surface area contributed by atoms with Crippen LogP contribution in [0.15, 0.2) is 40.8 Å². The number of amides is 1. The van der Waals surface area contributed by atoms with Crippen molar-refractivity contribution in [1.82, 2.24) is 10.2 Å². The zero-order valence-electron chi connectivity index (χ0n) is 20.3. The van der Waals surface area contributed by atoms with Crippen LogP contribution in [0.3, 0.4) is 0 Å². The molecule has 1 saturated heterocycles. The van der Waals surface area contributed by atoms with Gasteiger partial charge in [-0.2, -0.15) is 0 Å². The molecule has 0 unspecified atom stereocenters. The number of nitrogens with one attached hydrogen (secondary N) is 1. The van der Waals surface area contributed by atoms with E-state index < -0.39 is 5.60 Å². The SMILES string of the molecule is Cc1c(C(=O)NCCCN2CCCCC2)oc2ccc3c(c12)C(=O)C[C@@](C)(c1ccc(Cl)cc1)O3. The van der Waals surface area contributed by atoms with E-state index in [0.29, 0.717) is 39.4 Å². The number of Topliss-reactive ketones (excluding diaryl/α,β-unsaturated/α-hetero) is 1. The lowest BCUT2D eigenvalue weighted by atomic mass is 9.84. The van der Waals surface area contributed by atoms with Crippen LogP contribution < -0.4 is 10.1 Å². The van der Waals surface area contributed by atoms with Crippen LogP contribution in [-0.4, -0.2) is 42.8 Å². The number of benzene rings is 2. The molecule has 0 aliphatic carbocycles. The van der Waals surface area contributed by atoms with E-state index in [4.69, 9.17) is 20.8 Å². The molecule has 1 N–H and O–H groups in total. The number of hydrogen-bond acceptors (Lipinski definition) is 5. The molecule has 1 fully saturated rings. The molecule has 0 spiro atoms. The standard InChI is InChI=1S/C28H31ClN2O4/c1-18-24-22(34-26(18)27(33)30-13-6-16-31-14-4-3-5-15-31)11-12-23-25(24)21(32)17-28(2,35-23)19-7-9-20(29)10-8-19/h7-12H,3-6,13-17H2,1-2H3,(H,30,33)/t28-/m0/s1. The summed E-state index contributed by atoms with van der Waals surface area (Å²) in [6.07, 6.45) is 4.92. The van der Waals surface area contributed by atoms with E-state index in [0.717, 1.165) is 31.6 Å². The van der Waals surface area contributed by atoms with Crippen LogP contribution >= 0.6 is 11.6 Å². The molecule has 1 amide bonds. The van der Waals surface area contributed by atoms with E-state index in [1.165, 1.54) is 19.3 Å². The predicted molar refractivity (Wildman–Crippen MR) is 137 cm³/mol. The Labute approximate surface area is 210 Å². The molecule has 2 aliphatic rings. The van der Waals surface area contributed by atoms with Gasteiger partial charge in [0.05, 0.1) is 12.0 Å².